The van der Waals surface area contributed by atoms with E-state index in [1.165, 1.54) is 0 Å². The number of aliphatic hydroxyl groups excluding tert-OH is 1. The number of rotatable bonds is 1. The van der Waals surface area contributed by atoms with Gasteiger partial charge >= 0.3 is 12.1 Å². The lowest BCUT2D eigenvalue weighted by atomic mass is 10.0. The van der Waals surface area contributed by atoms with Gasteiger partial charge in [-0.05, 0) is 12.5 Å². The molecule has 15 heavy (non-hydrogen) atoms. The predicted octanol–water partition coefficient (Wildman–Crippen LogP) is 1.83. The van der Waals surface area contributed by atoms with Gasteiger partial charge in [-0.1, -0.05) is 0 Å². The maximum Gasteiger partial charge on any atom is 0.458 e. The summed E-state index contributed by atoms with van der Waals surface area (Å²) in [6.07, 6.45) is -8.07. The van der Waals surface area contributed by atoms with Crippen LogP contribution in [0.5, 0.6) is 0 Å². The summed E-state index contributed by atoms with van der Waals surface area (Å²) in [5.74, 6) is -6.55. The summed E-state index contributed by atoms with van der Waals surface area (Å²) < 4.78 is 61.4. The number of carbonyl (C=O) groups excluding carboxylic acids is 1. The third kappa shape index (κ3) is 1.75. The van der Waals surface area contributed by atoms with E-state index in [1.807, 2.05) is 0 Å². The van der Waals surface area contributed by atoms with Gasteiger partial charge in [-0.2, -0.15) is 22.0 Å². The third-order valence-corrected chi connectivity index (χ3v) is 2.22. The summed E-state index contributed by atoms with van der Waals surface area (Å²) in [6.45, 7) is 0.893. The van der Waals surface area contributed by atoms with Crippen LogP contribution in [0.1, 0.15) is 13.3 Å². The number of halogens is 5. The molecule has 1 unspecified atom stereocenters. The minimum Gasteiger partial charge on any atom is -0.388 e. The minimum atomic E-state index is -5.82. The normalized spacial score (nSPS) is 23.9. The van der Waals surface area contributed by atoms with E-state index in [0.29, 0.717) is 0 Å². The largest absolute Gasteiger partial charge is 0.458 e. The topological polar surface area (TPSA) is 37.3 Å². The molecule has 2 nitrogen and oxygen atoms in total. The van der Waals surface area contributed by atoms with Gasteiger partial charge in [0.15, 0.2) is 5.78 Å². The molecule has 0 aromatic rings. The molecule has 86 valence electrons. The predicted molar refractivity (Wildman–Crippen MR) is 39.3 cm³/mol. The summed E-state index contributed by atoms with van der Waals surface area (Å²) in [5, 5.41) is 8.99. The highest BCUT2D eigenvalue weighted by Crippen LogP contribution is 2.45. The highest BCUT2D eigenvalue weighted by Gasteiger charge is 2.63. The minimum absolute atomic E-state index is 0.609. The number of aliphatic hydroxyl groups is 1. The number of ketones is 1. The molecule has 7 heteroatoms. The molecule has 1 aliphatic carbocycles. The van der Waals surface area contributed by atoms with Gasteiger partial charge in [-0.25, -0.2) is 0 Å². The number of Topliss-reactive ketones (excluding diaryl/α,β-unsaturated/α-hetero) is 1. The van der Waals surface area contributed by atoms with Crippen molar-refractivity contribution in [2.45, 2.75) is 31.5 Å². The van der Waals surface area contributed by atoms with Crippen LogP contribution in [0.25, 0.3) is 0 Å². The van der Waals surface area contributed by atoms with Gasteiger partial charge in [-0.15, -0.1) is 0 Å². The monoisotopic (exact) mass is 230 g/mol. The molecule has 0 aromatic carbocycles. The molecule has 0 bridgehead atoms. The zero-order chi connectivity index (χ0) is 12.0. The average Bonchev–Trinajstić information content (AvgIpc) is 2.24. The number of hydrogen-bond acceptors (Lipinski definition) is 2. The van der Waals surface area contributed by atoms with E-state index in [9.17, 15) is 26.7 Å². The summed E-state index contributed by atoms with van der Waals surface area (Å²) in [6, 6.07) is 0. The summed E-state index contributed by atoms with van der Waals surface area (Å²) in [4.78, 5) is 10.9. The van der Waals surface area contributed by atoms with Gasteiger partial charge in [0.05, 0.1) is 11.7 Å². The van der Waals surface area contributed by atoms with Crippen molar-refractivity contribution in [3.05, 3.63) is 11.1 Å². The van der Waals surface area contributed by atoms with E-state index in [-0.39, 0.29) is 0 Å². The van der Waals surface area contributed by atoms with Crippen molar-refractivity contribution in [2.75, 3.05) is 0 Å². The fourth-order valence-electron chi connectivity index (χ4n) is 1.38. The molecule has 0 aliphatic heterocycles. The first-order chi connectivity index (χ1) is 6.59. The fraction of sp³-hybridized carbons (Fsp3) is 0.625. The molecule has 0 amide bonds. The Labute approximate surface area is 81.4 Å². The molecule has 1 N–H and O–H groups in total. The number of allylic oxidation sites excluding steroid dienone is 1. The molecule has 1 rings (SSSR count). The number of alkyl halides is 5. The van der Waals surface area contributed by atoms with Gasteiger partial charge in [0.25, 0.3) is 0 Å². The zero-order valence-corrected chi connectivity index (χ0v) is 7.53. The maximum atomic E-state index is 12.8. The van der Waals surface area contributed by atoms with Crippen molar-refractivity contribution < 1.29 is 31.9 Å². The Balaban J connectivity index is 3.24. The lowest BCUT2D eigenvalue weighted by molar-refractivity contribution is -0.263. The Kier molecular flexibility index (Phi) is 2.63. The molecule has 0 radical (unpaired) electrons. The molecule has 0 spiro atoms. The third-order valence-electron chi connectivity index (χ3n) is 2.22. The van der Waals surface area contributed by atoms with E-state index >= 15 is 0 Å². The van der Waals surface area contributed by atoms with Crippen LogP contribution in [0, 0.1) is 0 Å². The molecule has 0 aromatic heterocycles. The molecule has 0 fully saturated rings. The second kappa shape index (κ2) is 3.26. The van der Waals surface area contributed by atoms with Gasteiger partial charge < -0.3 is 5.11 Å². The van der Waals surface area contributed by atoms with E-state index in [0.717, 1.165) is 6.92 Å². The molecule has 1 aliphatic rings. The molecular formula is C8H7F5O2. The Bertz CT molecular complexity index is 328. The molecule has 0 saturated heterocycles. The van der Waals surface area contributed by atoms with Gasteiger partial charge in [0.2, 0.25) is 0 Å². The molecule has 1 atom stereocenters. The van der Waals surface area contributed by atoms with Crippen molar-refractivity contribution in [2.24, 2.45) is 0 Å². The lowest BCUT2D eigenvalue weighted by Crippen LogP contribution is -2.40. The Morgan fingerprint density at radius 2 is 1.73 bits per heavy atom. The van der Waals surface area contributed by atoms with Crippen LogP contribution < -0.4 is 0 Å². The second-order valence-corrected chi connectivity index (χ2v) is 3.27. The SMILES string of the molecule is CC1=C(C(F)(F)C(F)(F)F)C(=O)CC1O. The Hall–Kier alpha value is -0.980. The lowest BCUT2D eigenvalue weighted by Gasteiger charge is -2.20. The maximum absolute atomic E-state index is 12.8. The van der Waals surface area contributed by atoms with Gasteiger partial charge in [-0.3, -0.25) is 4.79 Å². The van der Waals surface area contributed by atoms with Crippen molar-refractivity contribution >= 4 is 5.78 Å². The Morgan fingerprint density at radius 1 is 1.27 bits per heavy atom. The second-order valence-electron chi connectivity index (χ2n) is 3.27. The van der Waals surface area contributed by atoms with Crippen molar-refractivity contribution in [1.29, 1.82) is 0 Å². The van der Waals surface area contributed by atoms with Crippen LogP contribution in [0.2, 0.25) is 0 Å². The van der Waals surface area contributed by atoms with Gasteiger partial charge in [0, 0.05) is 6.42 Å². The van der Waals surface area contributed by atoms with Crippen LogP contribution in [-0.4, -0.2) is 29.1 Å². The molecule has 0 heterocycles. The first kappa shape index (κ1) is 12.1. The highest BCUT2D eigenvalue weighted by atomic mass is 19.4. The molecular weight excluding hydrogens is 223 g/mol. The summed E-state index contributed by atoms with van der Waals surface area (Å²) in [7, 11) is 0. The number of carbonyl (C=O) groups is 1. The Morgan fingerprint density at radius 3 is 2.00 bits per heavy atom. The average molecular weight is 230 g/mol. The zero-order valence-electron chi connectivity index (χ0n) is 7.53. The standard InChI is InChI=1S/C8H7F5O2/c1-3-4(14)2-5(15)6(3)7(9,10)8(11,12)13/h4,14H,2H2,1H3. The van der Waals surface area contributed by atoms with Crippen molar-refractivity contribution in [3.63, 3.8) is 0 Å². The van der Waals surface area contributed by atoms with Crippen LogP contribution in [0.15, 0.2) is 11.1 Å². The van der Waals surface area contributed by atoms with Crippen LogP contribution >= 0.6 is 0 Å². The van der Waals surface area contributed by atoms with Gasteiger partial charge in [0.1, 0.15) is 0 Å². The first-order valence-corrected chi connectivity index (χ1v) is 3.96. The van der Waals surface area contributed by atoms with Crippen molar-refractivity contribution in [1.82, 2.24) is 0 Å². The van der Waals surface area contributed by atoms with Crippen LogP contribution in [-0.2, 0) is 4.79 Å². The summed E-state index contributed by atoms with van der Waals surface area (Å²) >= 11 is 0. The highest BCUT2D eigenvalue weighted by molar-refractivity contribution is 6.01. The van der Waals surface area contributed by atoms with E-state index < -0.39 is 41.6 Å². The fourth-order valence-corrected chi connectivity index (χ4v) is 1.38. The first-order valence-electron chi connectivity index (χ1n) is 3.96. The summed E-state index contributed by atoms with van der Waals surface area (Å²) in [5.41, 5.74) is -2.23. The molecule has 0 saturated carbocycles. The van der Waals surface area contributed by atoms with E-state index in [4.69, 9.17) is 5.11 Å². The van der Waals surface area contributed by atoms with E-state index in [2.05, 4.69) is 0 Å². The van der Waals surface area contributed by atoms with E-state index in [1.54, 1.807) is 0 Å². The smallest absolute Gasteiger partial charge is 0.388 e. The number of hydrogen-bond donors (Lipinski definition) is 1. The quantitative estimate of drug-likeness (QED) is 0.698. The van der Waals surface area contributed by atoms with Crippen LogP contribution in [0.3, 0.4) is 0 Å². The van der Waals surface area contributed by atoms with Crippen LogP contribution in [0.4, 0.5) is 22.0 Å². The van der Waals surface area contributed by atoms with Crippen molar-refractivity contribution in [3.8, 4) is 0 Å².